The SMILES string of the molecule is Cc1ccc([N+](=O)[O-])c2c1N(C(=O)C(F)(F)F)[C@H](C(=O)O)[C@@H]1CC=C[C@H]21. The average molecular weight is 370 g/mol. The molecular formula is C16H13F3N2O5. The summed E-state index contributed by atoms with van der Waals surface area (Å²) >= 11 is 0. The molecule has 0 aromatic heterocycles. The minimum absolute atomic E-state index is 0.0520. The molecular weight excluding hydrogens is 357 g/mol. The highest BCUT2D eigenvalue weighted by Gasteiger charge is 2.55. The fourth-order valence-electron chi connectivity index (χ4n) is 3.81. The highest BCUT2D eigenvalue weighted by Crippen LogP contribution is 2.52. The number of fused-ring (bicyclic) bond motifs is 3. The predicted molar refractivity (Wildman–Crippen MR) is 82.8 cm³/mol. The number of nitrogens with zero attached hydrogens (tertiary/aromatic N) is 2. The van der Waals surface area contributed by atoms with Gasteiger partial charge in [-0.15, -0.1) is 0 Å². The van der Waals surface area contributed by atoms with E-state index in [1.807, 2.05) is 0 Å². The molecule has 1 heterocycles. The lowest BCUT2D eigenvalue weighted by Gasteiger charge is -2.42. The van der Waals surface area contributed by atoms with E-state index in [1.54, 1.807) is 12.2 Å². The fourth-order valence-corrected chi connectivity index (χ4v) is 3.81. The first-order valence-corrected chi connectivity index (χ1v) is 7.63. The second kappa shape index (κ2) is 5.82. The molecule has 3 rings (SSSR count). The van der Waals surface area contributed by atoms with Crippen LogP contribution in [0.4, 0.5) is 24.5 Å². The van der Waals surface area contributed by atoms with E-state index in [-0.39, 0.29) is 28.1 Å². The molecule has 0 saturated carbocycles. The number of nitro benzene ring substituents is 1. The largest absolute Gasteiger partial charge is 0.480 e. The van der Waals surface area contributed by atoms with Gasteiger partial charge in [0.25, 0.3) is 5.69 Å². The van der Waals surface area contributed by atoms with Crippen LogP contribution in [0.1, 0.15) is 23.5 Å². The summed E-state index contributed by atoms with van der Waals surface area (Å²) in [6, 6.07) is 0.609. The highest BCUT2D eigenvalue weighted by molar-refractivity contribution is 6.05. The minimum atomic E-state index is -5.32. The van der Waals surface area contributed by atoms with Crippen molar-refractivity contribution in [3.05, 3.63) is 45.5 Å². The molecule has 0 fully saturated rings. The number of carboxylic acid groups (broad SMARTS) is 1. The Morgan fingerprint density at radius 2 is 2.00 bits per heavy atom. The van der Waals surface area contributed by atoms with Crippen molar-refractivity contribution >= 4 is 23.3 Å². The summed E-state index contributed by atoms with van der Waals surface area (Å²) in [5.41, 5.74) is -0.672. The normalized spacial score (nSPS) is 24.2. The smallest absolute Gasteiger partial charge is 0.471 e. The molecule has 2 aliphatic rings. The number of carbonyl (C=O) groups is 2. The molecule has 1 aromatic rings. The van der Waals surface area contributed by atoms with Crippen molar-refractivity contribution in [3.63, 3.8) is 0 Å². The van der Waals surface area contributed by atoms with Gasteiger partial charge in [0.1, 0.15) is 6.04 Å². The van der Waals surface area contributed by atoms with E-state index in [0.717, 1.165) is 6.07 Å². The standard InChI is InChI=1S/C16H13F3N2O5/c1-7-5-6-10(21(25)26)11-8-3-2-4-9(8)13(14(22)23)20(12(7)11)15(24)16(17,18)19/h2-3,5-6,8-9,13H,4H2,1H3,(H,22,23)/t8-,9+,13-/m0/s1. The molecule has 0 spiro atoms. The third-order valence-corrected chi connectivity index (χ3v) is 4.78. The number of aryl methyl sites for hydroxylation is 1. The van der Waals surface area contributed by atoms with Crippen LogP contribution in [0.15, 0.2) is 24.3 Å². The number of nitro groups is 1. The molecule has 26 heavy (non-hydrogen) atoms. The number of aliphatic carboxylic acids is 1. The molecule has 1 N–H and O–H groups in total. The van der Waals surface area contributed by atoms with Gasteiger partial charge in [0.2, 0.25) is 0 Å². The third-order valence-electron chi connectivity index (χ3n) is 4.78. The summed E-state index contributed by atoms with van der Waals surface area (Å²) in [6.07, 6.45) is -2.08. The first-order valence-electron chi connectivity index (χ1n) is 7.63. The van der Waals surface area contributed by atoms with Crippen LogP contribution in [0.5, 0.6) is 0 Å². The van der Waals surface area contributed by atoms with Crippen molar-refractivity contribution in [3.8, 4) is 0 Å². The lowest BCUT2D eigenvalue weighted by Crippen LogP contribution is -2.57. The summed E-state index contributed by atoms with van der Waals surface area (Å²) in [7, 11) is 0. The van der Waals surface area contributed by atoms with Crippen molar-refractivity contribution in [2.45, 2.75) is 31.5 Å². The van der Waals surface area contributed by atoms with E-state index in [1.165, 1.54) is 13.0 Å². The van der Waals surface area contributed by atoms with Gasteiger partial charge in [-0.2, -0.15) is 13.2 Å². The van der Waals surface area contributed by atoms with E-state index in [2.05, 4.69) is 0 Å². The van der Waals surface area contributed by atoms with Gasteiger partial charge in [0.05, 0.1) is 16.2 Å². The summed E-state index contributed by atoms with van der Waals surface area (Å²) < 4.78 is 39.5. The summed E-state index contributed by atoms with van der Waals surface area (Å²) in [4.78, 5) is 34.7. The maximum absolute atomic E-state index is 13.2. The monoisotopic (exact) mass is 370 g/mol. The van der Waals surface area contributed by atoms with Crippen molar-refractivity contribution in [1.82, 2.24) is 0 Å². The second-order valence-electron chi connectivity index (χ2n) is 6.23. The van der Waals surface area contributed by atoms with Crippen molar-refractivity contribution in [2.24, 2.45) is 5.92 Å². The number of allylic oxidation sites excluding steroid dienone is 2. The lowest BCUT2D eigenvalue weighted by molar-refractivity contribution is -0.385. The molecule has 1 aromatic carbocycles. The first-order chi connectivity index (χ1) is 12.1. The molecule has 0 radical (unpaired) electrons. The average Bonchev–Trinajstić information content (AvgIpc) is 3.00. The molecule has 1 aliphatic carbocycles. The number of benzene rings is 1. The van der Waals surface area contributed by atoms with Gasteiger partial charge < -0.3 is 5.11 Å². The van der Waals surface area contributed by atoms with Crippen molar-refractivity contribution in [2.75, 3.05) is 4.90 Å². The Bertz CT molecular complexity index is 849. The Balaban J connectivity index is 2.36. The first kappa shape index (κ1) is 17.9. The number of anilines is 1. The molecule has 0 saturated heterocycles. The molecule has 0 unspecified atom stereocenters. The van der Waals surface area contributed by atoms with E-state index >= 15 is 0 Å². The van der Waals surface area contributed by atoms with E-state index in [9.17, 15) is 38.0 Å². The van der Waals surface area contributed by atoms with E-state index in [4.69, 9.17) is 0 Å². The summed E-state index contributed by atoms with van der Waals surface area (Å²) in [5, 5.41) is 20.9. The number of alkyl halides is 3. The predicted octanol–water partition coefficient (Wildman–Crippen LogP) is 2.93. The zero-order chi connectivity index (χ0) is 19.4. The van der Waals surface area contributed by atoms with Gasteiger partial charge in [-0.05, 0) is 18.9 Å². The number of carbonyl (C=O) groups excluding carboxylic acids is 1. The number of carboxylic acids is 1. The van der Waals surface area contributed by atoms with Crippen LogP contribution in [-0.4, -0.2) is 34.1 Å². The quantitative estimate of drug-likeness (QED) is 0.490. The highest BCUT2D eigenvalue weighted by atomic mass is 19.4. The van der Waals surface area contributed by atoms with Gasteiger partial charge in [-0.1, -0.05) is 18.2 Å². The minimum Gasteiger partial charge on any atom is -0.480 e. The molecule has 10 heteroatoms. The number of hydrogen-bond acceptors (Lipinski definition) is 4. The molecule has 0 bridgehead atoms. The van der Waals surface area contributed by atoms with Crippen LogP contribution in [-0.2, 0) is 9.59 Å². The Labute approximate surface area is 144 Å². The molecule has 138 valence electrons. The van der Waals surface area contributed by atoms with Crippen LogP contribution in [0.2, 0.25) is 0 Å². The van der Waals surface area contributed by atoms with Gasteiger partial charge in [0.15, 0.2) is 0 Å². The number of hydrogen-bond donors (Lipinski definition) is 1. The zero-order valence-corrected chi connectivity index (χ0v) is 13.4. The molecule has 1 amide bonds. The van der Waals surface area contributed by atoms with Crippen LogP contribution in [0.3, 0.4) is 0 Å². The Kier molecular flexibility index (Phi) is 4.01. The van der Waals surface area contributed by atoms with E-state index < -0.39 is 46.5 Å². The molecule has 3 atom stereocenters. The fraction of sp³-hybridized carbons (Fsp3) is 0.375. The van der Waals surface area contributed by atoms with Crippen LogP contribution in [0, 0.1) is 23.0 Å². The third kappa shape index (κ3) is 2.52. The van der Waals surface area contributed by atoms with Crippen molar-refractivity contribution < 1.29 is 32.8 Å². The maximum atomic E-state index is 13.2. The number of amides is 1. The number of halogens is 3. The van der Waals surface area contributed by atoms with Gasteiger partial charge in [0, 0.05) is 17.9 Å². The molecule has 1 aliphatic heterocycles. The number of rotatable bonds is 2. The topological polar surface area (TPSA) is 101 Å². The van der Waals surface area contributed by atoms with Gasteiger partial charge in [-0.3, -0.25) is 19.8 Å². The Hall–Kier alpha value is -2.91. The van der Waals surface area contributed by atoms with Gasteiger partial charge >= 0.3 is 18.1 Å². The van der Waals surface area contributed by atoms with Crippen LogP contribution in [0.25, 0.3) is 0 Å². The van der Waals surface area contributed by atoms with Gasteiger partial charge in [-0.25, -0.2) is 4.79 Å². The maximum Gasteiger partial charge on any atom is 0.471 e. The lowest BCUT2D eigenvalue weighted by atomic mass is 9.76. The Morgan fingerprint density at radius 3 is 2.54 bits per heavy atom. The second-order valence-corrected chi connectivity index (χ2v) is 6.23. The summed E-state index contributed by atoms with van der Waals surface area (Å²) in [6.45, 7) is 1.39. The zero-order valence-electron chi connectivity index (χ0n) is 13.4. The summed E-state index contributed by atoms with van der Waals surface area (Å²) in [5.74, 6) is -5.59. The van der Waals surface area contributed by atoms with E-state index in [0.29, 0.717) is 0 Å². The Morgan fingerprint density at radius 1 is 1.35 bits per heavy atom. The molecule has 7 nitrogen and oxygen atoms in total. The van der Waals surface area contributed by atoms with Crippen molar-refractivity contribution in [1.29, 1.82) is 0 Å². The van der Waals surface area contributed by atoms with Crippen LogP contribution >= 0.6 is 0 Å². The van der Waals surface area contributed by atoms with Crippen LogP contribution < -0.4 is 4.90 Å².